The molecule has 0 fully saturated rings. The fourth-order valence-electron chi connectivity index (χ4n) is 1.29. The van der Waals surface area contributed by atoms with E-state index in [9.17, 15) is 9.59 Å². The van der Waals surface area contributed by atoms with Gasteiger partial charge in [-0.2, -0.15) is 0 Å². The van der Waals surface area contributed by atoms with Crippen LogP contribution in [0.15, 0.2) is 24.2 Å². The van der Waals surface area contributed by atoms with Crippen LogP contribution in [0.5, 0.6) is 5.75 Å². The first-order valence-corrected chi connectivity index (χ1v) is 6.32. The minimum absolute atomic E-state index is 0.0378. The van der Waals surface area contributed by atoms with Crippen molar-refractivity contribution in [1.29, 1.82) is 5.40 Å². The summed E-state index contributed by atoms with van der Waals surface area (Å²) in [4.78, 5) is 24.7. The largest absolute Gasteiger partial charge is 0.462 e. The molecule has 0 atom stereocenters. The Labute approximate surface area is 157 Å². The summed E-state index contributed by atoms with van der Waals surface area (Å²) in [5.74, 6) is -5.09. The highest BCUT2D eigenvalue weighted by molar-refractivity contribution is 5.89. The lowest BCUT2D eigenvalue weighted by molar-refractivity contribution is -0.134. The second-order valence-electron chi connectivity index (χ2n) is 3.90. The third-order valence-electron chi connectivity index (χ3n) is 2.25. The van der Waals surface area contributed by atoms with Crippen molar-refractivity contribution < 1.29 is 39.8 Å². The Morgan fingerprint density at radius 2 is 2.30 bits per heavy atom. The van der Waals surface area contributed by atoms with Gasteiger partial charge in [-0.1, -0.05) is 6.42 Å². The van der Waals surface area contributed by atoms with E-state index in [0.29, 0.717) is 5.31 Å². The topological polar surface area (TPSA) is 115 Å². The summed E-state index contributed by atoms with van der Waals surface area (Å²) < 4.78 is 121. The maximum absolute atomic E-state index is 12.4. The first-order chi connectivity index (χ1) is 17.2. The lowest BCUT2D eigenvalue weighted by Gasteiger charge is -2.06. The maximum Gasteiger partial charge on any atom is 0.338 e. The molecule has 0 aromatic heterocycles. The Morgan fingerprint density at radius 1 is 1.48 bits per heavy atom. The first kappa shape index (κ1) is 6.14. The van der Waals surface area contributed by atoms with Crippen molar-refractivity contribution >= 4 is 17.9 Å². The van der Waals surface area contributed by atoms with Crippen molar-refractivity contribution in [2.45, 2.75) is 32.5 Å². The molecule has 7 heteroatoms. The van der Waals surface area contributed by atoms with Gasteiger partial charge in [0.25, 0.3) is 0 Å². The van der Waals surface area contributed by atoms with E-state index in [1.54, 1.807) is 0 Å². The molecule has 1 aromatic rings. The molecule has 0 saturated carbocycles. The molecule has 0 heterocycles. The minimum atomic E-state index is -3.52. The Bertz CT molecular complexity index is 1050. The summed E-state index contributed by atoms with van der Waals surface area (Å²) >= 11 is 0. The summed E-state index contributed by atoms with van der Waals surface area (Å²) in [7, 11) is 0. The van der Waals surface area contributed by atoms with Crippen LogP contribution in [0, 0.1) is 5.40 Å². The average Bonchev–Trinajstić information content (AvgIpc) is 2.77. The SMILES string of the molecule is [2H]/N=C(\N([2H])[2H])N([2H])CCCCC([2H])([2H])C(=O)Oc1c([2H])c([2H])c(C(=O)OC([2H])([2H])C([2H])([2H])[2H])c([2H])c1[2H]. The molecule has 0 aliphatic heterocycles. The zero-order chi connectivity index (χ0) is 29.8. The van der Waals surface area contributed by atoms with Crippen molar-refractivity contribution in [1.82, 2.24) is 5.31 Å². The van der Waals surface area contributed by atoms with Gasteiger partial charge in [0.2, 0.25) is 0 Å². The Kier molecular flexibility index (Phi) is 2.73. The van der Waals surface area contributed by atoms with Gasteiger partial charge >= 0.3 is 11.9 Å². The van der Waals surface area contributed by atoms with Crippen LogP contribution in [-0.4, -0.2) is 31.0 Å². The molecule has 0 bridgehead atoms. The van der Waals surface area contributed by atoms with Crippen LogP contribution in [0.4, 0.5) is 0 Å². The number of guanidine groups is 1. The van der Waals surface area contributed by atoms with Crippen LogP contribution in [-0.2, 0) is 9.53 Å². The van der Waals surface area contributed by atoms with Crippen molar-refractivity contribution in [3.05, 3.63) is 29.7 Å². The fraction of sp³-hybridized carbons (Fsp3) is 0.438. The number of rotatable bonds is 9. The number of hydrogen-bond acceptors (Lipinski definition) is 5. The van der Waals surface area contributed by atoms with Gasteiger partial charge in [-0.3, -0.25) is 10.2 Å². The van der Waals surface area contributed by atoms with Crippen LogP contribution in [0.2, 0.25) is 5.65 Å². The van der Waals surface area contributed by atoms with E-state index in [4.69, 9.17) is 25.5 Å². The van der Waals surface area contributed by atoms with E-state index in [2.05, 4.69) is 10.1 Å². The van der Waals surface area contributed by atoms with Gasteiger partial charge in [-0.25, -0.2) is 4.79 Å². The zero-order valence-electron chi connectivity index (χ0n) is 26.8. The summed E-state index contributed by atoms with van der Waals surface area (Å²) in [5.41, 5.74) is -1.20. The lowest BCUT2D eigenvalue weighted by atomic mass is 10.2. The highest BCUT2D eigenvalue weighted by atomic mass is 16.5. The van der Waals surface area contributed by atoms with E-state index >= 15 is 0 Å². The molecule has 126 valence electrons. The minimum Gasteiger partial charge on any atom is -0.462 e. The highest BCUT2D eigenvalue weighted by Crippen LogP contribution is 2.14. The number of carbonyl (C=O) groups is 2. The van der Waals surface area contributed by atoms with Gasteiger partial charge in [0.05, 0.1) is 20.3 Å². The third kappa shape index (κ3) is 7.85. The number of hydrogen-bond donors (Lipinski definition) is 3. The monoisotopic (exact) mass is 336 g/mol. The number of nitrogens with two attached hydrogens (primary N) is 1. The van der Waals surface area contributed by atoms with E-state index in [1.807, 2.05) is 0 Å². The van der Waals surface area contributed by atoms with E-state index in [0.717, 1.165) is 0 Å². The second kappa shape index (κ2) is 10.2. The number of benzene rings is 1. The molecule has 0 aliphatic rings. The van der Waals surface area contributed by atoms with Crippen LogP contribution in [0.25, 0.3) is 0 Å². The molecule has 1 rings (SSSR count). The normalized spacial score (nSPS) is 21.9. The van der Waals surface area contributed by atoms with Gasteiger partial charge in [-0.15, -0.1) is 0 Å². The summed E-state index contributed by atoms with van der Waals surface area (Å²) in [6.07, 6.45) is -3.18. The van der Waals surface area contributed by atoms with E-state index in [-0.39, 0.29) is 25.1 Å². The van der Waals surface area contributed by atoms with Crippen LogP contribution in [0.1, 0.15) is 57.9 Å². The fourth-order valence-corrected chi connectivity index (χ4v) is 1.29. The van der Waals surface area contributed by atoms with Gasteiger partial charge in [0, 0.05) is 19.8 Å². The molecule has 4 N–H and O–H groups in total. The number of nitrogens with one attached hydrogen (secondary N) is 2. The number of esters is 2. The molecule has 0 unspecified atom stereocenters. The molecular formula is C16H23N3O4. The molecule has 23 heavy (non-hydrogen) atoms. The van der Waals surface area contributed by atoms with Gasteiger partial charge in [-0.05, 0) is 43.9 Å². The molecule has 0 amide bonds. The molecule has 0 spiro atoms. The summed E-state index contributed by atoms with van der Waals surface area (Å²) in [6, 6.07) is -4.53. The molecule has 0 radical (unpaired) electrons. The standard InChI is InChI=1S/C16H23N3O4/c1-2-22-15(21)12-7-9-13(10-8-12)23-14(20)6-4-3-5-11-19-16(17)18/h7-10H,2-6,11H2,1H3,(H4,17,18,19)/i1D3,2D2,6D2,7D,8D,9D,10D/hD4. The van der Waals surface area contributed by atoms with Crippen molar-refractivity contribution in [2.24, 2.45) is 5.72 Å². The molecule has 0 aliphatic carbocycles. The maximum atomic E-state index is 12.4. The molecule has 7 nitrogen and oxygen atoms in total. The van der Waals surface area contributed by atoms with Crippen molar-refractivity contribution in [3.8, 4) is 5.75 Å². The Balaban J connectivity index is 3.04. The first-order valence-electron chi connectivity index (χ1n) is 13.6. The van der Waals surface area contributed by atoms with Crippen LogP contribution >= 0.6 is 0 Å². The number of ether oxygens (including phenoxy) is 2. The Hall–Kier alpha value is -2.57. The van der Waals surface area contributed by atoms with E-state index < -0.39 is 79.6 Å². The zero-order valence-corrected chi connectivity index (χ0v) is 11.8. The average molecular weight is 336 g/mol. The van der Waals surface area contributed by atoms with Gasteiger partial charge < -0.3 is 20.5 Å². The van der Waals surface area contributed by atoms with Gasteiger partial charge in [0.1, 0.15) is 5.75 Å². The van der Waals surface area contributed by atoms with E-state index in [1.165, 1.54) is 0 Å². The molecular weight excluding hydrogens is 298 g/mol. The van der Waals surface area contributed by atoms with Crippen molar-refractivity contribution in [3.63, 3.8) is 0 Å². The second-order valence-corrected chi connectivity index (χ2v) is 3.90. The van der Waals surface area contributed by atoms with Crippen LogP contribution < -0.4 is 15.8 Å². The third-order valence-corrected chi connectivity index (χ3v) is 2.25. The number of carbonyl (C=O) groups excluding carboxylic acids is 2. The predicted octanol–water partition coefficient (Wildman–Crippen LogP) is 1.81. The molecule has 0 saturated heterocycles. The quantitative estimate of drug-likeness (QED) is 0.208. The van der Waals surface area contributed by atoms with Gasteiger partial charge in [0.15, 0.2) is 11.6 Å². The number of unbranched alkanes of at least 4 members (excludes halogenated alkanes) is 1. The molecule has 1 aromatic carbocycles. The summed E-state index contributed by atoms with van der Waals surface area (Å²) in [5, 5.41) is 3.38. The highest BCUT2D eigenvalue weighted by Gasteiger charge is 2.08. The van der Waals surface area contributed by atoms with Crippen molar-refractivity contribution in [2.75, 3.05) is 13.1 Å². The Morgan fingerprint density at radius 3 is 3.00 bits per heavy atom. The van der Waals surface area contributed by atoms with Crippen LogP contribution in [0.3, 0.4) is 0 Å². The predicted molar refractivity (Wildman–Crippen MR) is 86.4 cm³/mol. The smallest absolute Gasteiger partial charge is 0.338 e. The lowest BCUT2D eigenvalue weighted by Crippen LogP contribution is -2.30. The summed E-state index contributed by atoms with van der Waals surface area (Å²) in [6.45, 7) is -7.13.